The van der Waals surface area contributed by atoms with Crippen molar-refractivity contribution >= 4 is 40.0 Å². The number of rotatable bonds is 7. The van der Waals surface area contributed by atoms with E-state index in [0.29, 0.717) is 29.4 Å². The number of nitrogens with zero attached hydrogens (tertiary/aromatic N) is 1. The third kappa shape index (κ3) is 4.66. The van der Waals surface area contributed by atoms with E-state index in [4.69, 9.17) is 23.2 Å². The summed E-state index contributed by atoms with van der Waals surface area (Å²) in [4.78, 5) is 20.4. The molecular formula is C24H21Cl2N3O. The Morgan fingerprint density at radius 2 is 1.87 bits per heavy atom. The molecule has 30 heavy (non-hydrogen) atoms. The maximum absolute atomic E-state index is 12.8. The van der Waals surface area contributed by atoms with Crippen molar-refractivity contribution < 1.29 is 4.79 Å². The Morgan fingerprint density at radius 1 is 1.03 bits per heavy atom. The summed E-state index contributed by atoms with van der Waals surface area (Å²) in [6.45, 7) is 0.540. The standard InChI is InChI=1S/C24H21Cl2N3O/c25-21-9-8-16(13-22(21)26)19(20-15-29-23-7-2-1-6-18(20)23)14-24(30)28-12-10-17-5-3-4-11-27-17/h1-9,11,13,15,19,29H,10,12,14H2,(H,28,30)/t19-/m1/s1. The number of carbonyl (C=O) groups excluding carboxylic acids is 1. The van der Waals surface area contributed by atoms with Gasteiger partial charge < -0.3 is 10.3 Å². The molecule has 0 radical (unpaired) electrons. The predicted molar refractivity (Wildman–Crippen MR) is 122 cm³/mol. The van der Waals surface area contributed by atoms with Crippen LogP contribution in [0.5, 0.6) is 0 Å². The average molecular weight is 438 g/mol. The van der Waals surface area contributed by atoms with Gasteiger partial charge in [0.25, 0.3) is 0 Å². The number of aromatic amines is 1. The second kappa shape index (κ2) is 9.33. The molecular weight excluding hydrogens is 417 g/mol. The minimum atomic E-state index is -0.147. The summed E-state index contributed by atoms with van der Waals surface area (Å²) in [5.41, 5.74) is 4.00. The zero-order valence-corrected chi connectivity index (χ0v) is 17.8. The Balaban J connectivity index is 1.56. The Labute approximate surface area is 185 Å². The van der Waals surface area contributed by atoms with Gasteiger partial charge in [0.15, 0.2) is 0 Å². The van der Waals surface area contributed by atoms with Crippen LogP contribution in [-0.2, 0) is 11.2 Å². The van der Waals surface area contributed by atoms with Gasteiger partial charge in [-0.05, 0) is 41.5 Å². The highest BCUT2D eigenvalue weighted by Gasteiger charge is 2.22. The molecule has 6 heteroatoms. The zero-order valence-electron chi connectivity index (χ0n) is 16.2. The van der Waals surface area contributed by atoms with Crippen LogP contribution in [0.4, 0.5) is 0 Å². The molecule has 0 fully saturated rings. The zero-order chi connectivity index (χ0) is 20.9. The number of halogens is 2. The number of hydrogen-bond acceptors (Lipinski definition) is 2. The van der Waals surface area contributed by atoms with Gasteiger partial charge in [0.2, 0.25) is 5.91 Å². The highest BCUT2D eigenvalue weighted by molar-refractivity contribution is 6.42. The van der Waals surface area contributed by atoms with E-state index in [9.17, 15) is 4.79 Å². The molecule has 0 saturated carbocycles. The fourth-order valence-electron chi connectivity index (χ4n) is 3.65. The van der Waals surface area contributed by atoms with E-state index in [-0.39, 0.29) is 11.8 Å². The van der Waals surface area contributed by atoms with Crippen LogP contribution in [0.15, 0.2) is 73.1 Å². The molecule has 2 heterocycles. The van der Waals surface area contributed by atoms with Crippen molar-refractivity contribution in [3.63, 3.8) is 0 Å². The van der Waals surface area contributed by atoms with Crippen LogP contribution in [0, 0.1) is 0 Å². The summed E-state index contributed by atoms with van der Waals surface area (Å²) in [5.74, 6) is -0.168. The number of aromatic nitrogens is 2. The first kappa shape index (κ1) is 20.5. The lowest BCUT2D eigenvalue weighted by molar-refractivity contribution is -0.121. The highest BCUT2D eigenvalue weighted by atomic mass is 35.5. The van der Waals surface area contributed by atoms with Gasteiger partial charge in [-0.25, -0.2) is 0 Å². The Morgan fingerprint density at radius 3 is 2.67 bits per heavy atom. The molecule has 0 aliphatic heterocycles. The van der Waals surface area contributed by atoms with Gasteiger partial charge in [0.1, 0.15) is 0 Å². The van der Waals surface area contributed by atoms with Gasteiger partial charge >= 0.3 is 0 Å². The Kier molecular flexibility index (Phi) is 6.36. The van der Waals surface area contributed by atoms with Crippen molar-refractivity contribution in [3.8, 4) is 0 Å². The summed E-state index contributed by atoms with van der Waals surface area (Å²) in [6, 6.07) is 19.4. The van der Waals surface area contributed by atoms with Crippen LogP contribution in [-0.4, -0.2) is 22.4 Å². The second-order valence-corrected chi connectivity index (χ2v) is 7.96. The highest BCUT2D eigenvalue weighted by Crippen LogP contribution is 2.36. The second-order valence-electron chi connectivity index (χ2n) is 7.14. The van der Waals surface area contributed by atoms with Gasteiger partial charge in [-0.2, -0.15) is 0 Å². The van der Waals surface area contributed by atoms with Crippen LogP contribution < -0.4 is 5.32 Å². The minimum Gasteiger partial charge on any atom is -0.361 e. The van der Waals surface area contributed by atoms with Crippen LogP contribution in [0.2, 0.25) is 10.0 Å². The summed E-state index contributed by atoms with van der Waals surface area (Å²) >= 11 is 12.4. The molecule has 0 bridgehead atoms. The number of carbonyl (C=O) groups is 1. The van der Waals surface area contributed by atoms with Gasteiger partial charge in [-0.3, -0.25) is 9.78 Å². The predicted octanol–water partition coefficient (Wildman–Crippen LogP) is 5.75. The number of nitrogens with one attached hydrogen (secondary N) is 2. The van der Waals surface area contributed by atoms with Crippen LogP contribution in [0.1, 0.15) is 29.2 Å². The van der Waals surface area contributed by atoms with Gasteiger partial charge in [-0.15, -0.1) is 0 Å². The number of amides is 1. The first-order chi connectivity index (χ1) is 14.6. The molecule has 2 aromatic heterocycles. The van der Waals surface area contributed by atoms with E-state index in [2.05, 4.69) is 21.4 Å². The average Bonchev–Trinajstić information content (AvgIpc) is 3.19. The summed E-state index contributed by atoms with van der Waals surface area (Å²) in [5, 5.41) is 5.09. The van der Waals surface area contributed by atoms with Gasteiger partial charge in [-0.1, -0.05) is 53.5 Å². The molecule has 4 nitrogen and oxygen atoms in total. The number of benzene rings is 2. The largest absolute Gasteiger partial charge is 0.361 e. The van der Waals surface area contributed by atoms with Crippen molar-refractivity contribution in [3.05, 3.63) is 99.9 Å². The number of pyridine rings is 1. The first-order valence-electron chi connectivity index (χ1n) is 9.79. The topological polar surface area (TPSA) is 57.8 Å². The number of para-hydroxylation sites is 1. The van der Waals surface area contributed by atoms with Crippen molar-refractivity contribution in [2.24, 2.45) is 0 Å². The van der Waals surface area contributed by atoms with E-state index >= 15 is 0 Å². The van der Waals surface area contributed by atoms with Crippen LogP contribution in [0.3, 0.4) is 0 Å². The molecule has 4 rings (SSSR count). The fraction of sp³-hybridized carbons (Fsp3) is 0.167. The fourth-order valence-corrected chi connectivity index (χ4v) is 3.96. The normalized spacial score (nSPS) is 12.1. The molecule has 0 spiro atoms. The maximum atomic E-state index is 12.8. The lowest BCUT2D eigenvalue weighted by atomic mass is 9.88. The quantitative estimate of drug-likeness (QED) is 0.386. The number of fused-ring (bicyclic) bond motifs is 1. The van der Waals surface area contributed by atoms with E-state index in [1.54, 1.807) is 12.3 Å². The molecule has 1 amide bonds. The molecule has 2 N–H and O–H groups in total. The van der Waals surface area contributed by atoms with Gasteiger partial charge in [0, 0.05) is 54.3 Å². The number of hydrogen-bond donors (Lipinski definition) is 2. The summed E-state index contributed by atoms with van der Waals surface area (Å²) < 4.78 is 0. The van der Waals surface area contributed by atoms with E-state index in [1.165, 1.54) is 0 Å². The molecule has 0 aliphatic carbocycles. The molecule has 0 aliphatic rings. The lowest BCUT2D eigenvalue weighted by Gasteiger charge is -2.18. The van der Waals surface area contributed by atoms with Crippen molar-refractivity contribution in [1.82, 2.24) is 15.3 Å². The van der Waals surface area contributed by atoms with Crippen molar-refractivity contribution in [2.45, 2.75) is 18.8 Å². The van der Waals surface area contributed by atoms with Gasteiger partial charge in [0.05, 0.1) is 10.0 Å². The molecule has 1 atom stereocenters. The van der Waals surface area contributed by atoms with Crippen molar-refractivity contribution in [2.75, 3.05) is 6.54 Å². The Hall–Kier alpha value is -2.82. The van der Waals surface area contributed by atoms with Crippen LogP contribution >= 0.6 is 23.2 Å². The van der Waals surface area contributed by atoms with Crippen molar-refractivity contribution in [1.29, 1.82) is 0 Å². The number of H-pyrrole nitrogens is 1. The molecule has 2 aromatic carbocycles. The smallest absolute Gasteiger partial charge is 0.220 e. The Bertz CT molecular complexity index is 1160. The van der Waals surface area contributed by atoms with E-state index < -0.39 is 0 Å². The molecule has 4 aromatic rings. The SMILES string of the molecule is O=C(C[C@H](c1ccc(Cl)c(Cl)c1)c1c[nH]c2ccccc12)NCCc1ccccn1. The summed E-state index contributed by atoms with van der Waals surface area (Å²) in [6.07, 6.45) is 4.73. The molecule has 152 valence electrons. The molecule has 0 unspecified atom stereocenters. The maximum Gasteiger partial charge on any atom is 0.220 e. The third-order valence-corrected chi connectivity index (χ3v) is 5.90. The monoisotopic (exact) mass is 437 g/mol. The van der Waals surface area contributed by atoms with E-state index in [0.717, 1.165) is 27.7 Å². The summed E-state index contributed by atoms with van der Waals surface area (Å²) in [7, 11) is 0. The third-order valence-electron chi connectivity index (χ3n) is 5.16. The molecule has 0 saturated heterocycles. The van der Waals surface area contributed by atoms with Crippen LogP contribution in [0.25, 0.3) is 10.9 Å². The minimum absolute atomic E-state index is 0.0210. The van der Waals surface area contributed by atoms with E-state index in [1.807, 2.05) is 54.7 Å². The lowest BCUT2D eigenvalue weighted by Crippen LogP contribution is -2.27. The first-order valence-corrected chi connectivity index (χ1v) is 10.5.